The van der Waals surface area contributed by atoms with Crippen molar-refractivity contribution in [3.05, 3.63) is 24.3 Å². The van der Waals surface area contributed by atoms with Crippen LogP contribution in [0.2, 0.25) is 0 Å². The monoisotopic (exact) mass is 301 g/mol. The number of aliphatic hydroxyl groups excluding tert-OH is 1. The Morgan fingerprint density at radius 3 is 2.10 bits per heavy atom. The second-order valence-electron chi connectivity index (χ2n) is 4.66. The predicted molar refractivity (Wildman–Crippen MR) is 78.3 cm³/mol. The average molecular weight is 301 g/mol. The van der Waals surface area contributed by atoms with Gasteiger partial charge in [0.15, 0.2) is 0 Å². The third kappa shape index (κ3) is 3.94. The number of hydrogen-bond donors (Lipinski definition) is 2. The van der Waals surface area contributed by atoms with E-state index in [-0.39, 0.29) is 11.5 Å². The highest BCUT2D eigenvalue weighted by Gasteiger charge is 2.31. The summed E-state index contributed by atoms with van der Waals surface area (Å²) in [6.07, 6.45) is 1.05. The highest BCUT2D eigenvalue weighted by molar-refractivity contribution is 7.89. The van der Waals surface area contributed by atoms with Crippen LogP contribution >= 0.6 is 0 Å². The van der Waals surface area contributed by atoms with E-state index >= 15 is 0 Å². The van der Waals surface area contributed by atoms with Crippen molar-refractivity contribution in [2.75, 3.05) is 13.2 Å². The van der Waals surface area contributed by atoms with Crippen molar-refractivity contribution in [3.63, 3.8) is 0 Å². The molecule has 0 fully saturated rings. The minimum absolute atomic E-state index is 0.167. The molecular formula is C14H23NO4S. The number of aliphatic hydroxyl groups is 1. The lowest BCUT2D eigenvalue weighted by atomic mass is 9.96. The van der Waals surface area contributed by atoms with E-state index in [1.807, 2.05) is 20.8 Å². The first-order valence-corrected chi connectivity index (χ1v) is 8.29. The van der Waals surface area contributed by atoms with Gasteiger partial charge in [-0.1, -0.05) is 13.8 Å². The Kier molecular flexibility index (Phi) is 5.98. The molecule has 1 rings (SSSR count). The van der Waals surface area contributed by atoms with Gasteiger partial charge < -0.3 is 9.84 Å². The molecule has 0 aliphatic rings. The number of nitrogens with one attached hydrogen (secondary N) is 1. The van der Waals surface area contributed by atoms with Gasteiger partial charge in [0.2, 0.25) is 10.0 Å². The lowest BCUT2D eigenvalue weighted by molar-refractivity contribution is 0.172. The van der Waals surface area contributed by atoms with Gasteiger partial charge in [0.05, 0.1) is 23.6 Å². The first-order chi connectivity index (χ1) is 9.43. The zero-order valence-electron chi connectivity index (χ0n) is 12.2. The van der Waals surface area contributed by atoms with Gasteiger partial charge >= 0.3 is 0 Å². The molecular weight excluding hydrogens is 278 g/mol. The molecule has 0 saturated carbocycles. The van der Waals surface area contributed by atoms with E-state index in [0.717, 1.165) is 0 Å². The molecule has 0 unspecified atom stereocenters. The number of sulfonamides is 1. The molecule has 0 atom stereocenters. The van der Waals surface area contributed by atoms with Crippen molar-refractivity contribution in [1.82, 2.24) is 4.72 Å². The summed E-state index contributed by atoms with van der Waals surface area (Å²) in [6.45, 7) is 5.87. The van der Waals surface area contributed by atoms with E-state index in [1.165, 1.54) is 12.1 Å². The Bertz CT molecular complexity index is 498. The lowest BCUT2D eigenvalue weighted by Gasteiger charge is -2.30. The summed E-state index contributed by atoms with van der Waals surface area (Å²) < 4.78 is 32.5. The van der Waals surface area contributed by atoms with Gasteiger partial charge in [-0.15, -0.1) is 0 Å². The minimum atomic E-state index is -3.65. The maximum absolute atomic E-state index is 12.3. The van der Waals surface area contributed by atoms with Gasteiger partial charge in [-0.25, -0.2) is 13.1 Å². The SMILES string of the molecule is CCOc1ccc(S(=O)(=O)NC(CC)(CC)CO)cc1. The van der Waals surface area contributed by atoms with E-state index in [4.69, 9.17) is 4.74 Å². The molecule has 0 bridgehead atoms. The van der Waals surface area contributed by atoms with E-state index in [0.29, 0.717) is 25.2 Å². The Balaban J connectivity index is 2.98. The Hall–Kier alpha value is -1.11. The van der Waals surface area contributed by atoms with Crippen molar-refractivity contribution in [1.29, 1.82) is 0 Å². The second kappa shape index (κ2) is 7.06. The van der Waals surface area contributed by atoms with E-state index in [1.54, 1.807) is 12.1 Å². The highest BCUT2D eigenvalue weighted by atomic mass is 32.2. The summed E-state index contributed by atoms with van der Waals surface area (Å²) >= 11 is 0. The van der Waals surface area contributed by atoms with Crippen LogP contribution in [-0.2, 0) is 10.0 Å². The standard InChI is InChI=1S/C14H23NO4S/c1-4-14(5-2,11-16)15-20(17,18)13-9-7-12(8-10-13)19-6-3/h7-10,15-16H,4-6,11H2,1-3H3. The maximum atomic E-state index is 12.3. The summed E-state index contributed by atoms with van der Waals surface area (Å²) in [5.41, 5.74) is -0.808. The van der Waals surface area contributed by atoms with Crippen LogP contribution in [0.1, 0.15) is 33.6 Å². The quantitative estimate of drug-likeness (QED) is 0.769. The fourth-order valence-corrected chi connectivity index (χ4v) is 3.41. The minimum Gasteiger partial charge on any atom is -0.494 e. The Morgan fingerprint density at radius 1 is 1.15 bits per heavy atom. The lowest BCUT2D eigenvalue weighted by Crippen LogP contribution is -2.50. The molecule has 5 nitrogen and oxygen atoms in total. The third-order valence-electron chi connectivity index (χ3n) is 3.45. The van der Waals surface area contributed by atoms with Gasteiger partial charge in [-0.05, 0) is 44.0 Å². The van der Waals surface area contributed by atoms with Crippen LogP contribution in [0.5, 0.6) is 5.75 Å². The van der Waals surface area contributed by atoms with E-state index < -0.39 is 15.6 Å². The van der Waals surface area contributed by atoms with Crippen LogP contribution in [0.3, 0.4) is 0 Å². The van der Waals surface area contributed by atoms with Crippen LogP contribution in [-0.4, -0.2) is 32.3 Å². The van der Waals surface area contributed by atoms with Crippen molar-refractivity contribution >= 4 is 10.0 Å². The smallest absolute Gasteiger partial charge is 0.241 e. The summed E-state index contributed by atoms with van der Waals surface area (Å²) in [4.78, 5) is 0.167. The zero-order chi connectivity index (χ0) is 15.2. The van der Waals surface area contributed by atoms with E-state index in [2.05, 4.69) is 4.72 Å². The molecule has 114 valence electrons. The highest BCUT2D eigenvalue weighted by Crippen LogP contribution is 2.21. The van der Waals surface area contributed by atoms with Crippen LogP contribution in [0.25, 0.3) is 0 Å². The molecule has 0 aromatic heterocycles. The van der Waals surface area contributed by atoms with Crippen LogP contribution in [0.15, 0.2) is 29.2 Å². The molecule has 0 saturated heterocycles. The maximum Gasteiger partial charge on any atom is 0.241 e. The molecule has 1 aromatic carbocycles. The average Bonchev–Trinajstić information content (AvgIpc) is 2.46. The fourth-order valence-electron chi connectivity index (χ4n) is 1.88. The summed E-state index contributed by atoms with van der Waals surface area (Å²) in [7, 11) is -3.65. The molecule has 0 amide bonds. The van der Waals surface area contributed by atoms with Gasteiger partial charge in [-0.2, -0.15) is 0 Å². The summed E-state index contributed by atoms with van der Waals surface area (Å²) in [6, 6.07) is 6.24. The molecule has 0 heterocycles. The van der Waals surface area contributed by atoms with Gasteiger partial charge in [0.1, 0.15) is 5.75 Å². The molecule has 0 spiro atoms. The first-order valence-electron chi connectivity index (χ1n) is 6.80. The predicted octanol–water partition coefficient (Wildman–Crippen LogP) is 1.91. The van der Waals surface area contributed by atoms with E-state index in [9.17, 15) is 13.5 Å². The molecule has 0 radical (unpaired) electrons. The normalized spacial score (nSPS) is 12.4. The molecule has 6 heteroatoms. The summed E-state index contributed by atoms with van der Waals surface area (Å²) in [5.74, 6) is 0.630. The van der Waals surface area contributed by atoms with Crippen LogP contribution < -0.4 is 9.46 Å². The topological polar surface area (TPSA) is 75.6 Å². The molecule has 20 heavy (non-hydrogen) atoms. The van der Waals surface area contributed by atoms with Gasteiger partial charge in [-0.3, -0.25) is 0 Å². The van der Waals surface area contributed by atoms with Crippen LogP contribution in [0.4, 0.5) is 0 Å². The largest absolute Gasteiger partial charge is 0.494 e. The van der Waals surface area contributed by atoms with Gasteiger partial charge in [0.25, 0.3) is 0 Å². The Labute approximate surface area is 121 Å². The number of ether oxygens (including phenoxy) is 1. The molecule has 2 N–H and O–H groups in total. The van der Waals surface area contributed by atoms with Crippen molar-refractivity contribution < 1.29 is 18.3 Å². The van der Waals surface area contributed by atoms with Crippen molar-refractivity contribution in [2.24, 2.45) is 0 Å². The number of rotatable bonds is 8. The first kappa shape index (κ1) is 16.9. The fraction of sp³-hybridized carbons (Fsp3) is 0.571. The zero-order valence-corrected chi connectivity index (χ0v) is 13.0. The van der Waals surface area contributed by atoms with Crippen LogP contribution in [0, 0.1) is 0 Å². The molecule has 0 aliphatic carbocycles. The Morgan fingerprint density at radius 2 is 1.70 bits per heavy atom. The van der Waals surface area contributed by atoms with Crippen molar-refractivity contribution in [2.45, 2.75) is 44.0 Å². The molecule has 0 aliphatic heterocycles. The van der Waals surface area contributed by atoms with Gasteiger partial charge in [0, 0.05) is 0 Å². The summed E-state index contributed by atoms with van der Waals surface area (Å²) in [5, 5.41) is 9.45. The van der Waals surface area contributed by atoms with Crippen molar-refractivity contribution in [3.8, 4) is 5.75 Å². The third-order valence-corrected chi connectivity index (χ3v) is 5.05. The number of benzene rings is 1. The molecule has 1 aromatic rings. The second-order valence-corrected chi connectivity index (χ2v) is 6.34. The number of hydrogen-bond acceptors (Lipinski definition) is 4.